The highest BCUT2D eigenvalue weighted by Gasteiger charge is 2.17. The Balaban J connectivity index is 2.05. The largest absolute Gasteiger partial charge is 0.396 e. The van der Waals surface area contributed by atoms with Crippen molar-refractivity contribution in [3.63, 3.8) is 0 Å². The van der Waals surface area contributed by atoms with E-state index in [1.807, 2.05) is 36.7 Å². The van der Waals surface area contributed by atoms with Gasteiger partial charge in [0.05, 0.1) is 17.5 Å². The minimum atomic E-state index is -0.702. The molecule has 1 aromatic carbocycles. The Bertz CT molecular complexity index is 1160. The van der Waals surface area contributed by atoms with Gasteiger partial charge in [-0.15, -0.1) is 10.2 Å². The number of primary amides is 1. The van der Waals surface area contributed by atoms with E-state index in [1.54, 1.807) is 12.5 Å². The van der Waals surface area contributed by atoms with E-state index in [0.29, 0.717) is 16.6 Å². The quantitative estimate of drug-likeness (QED) is 0.573. The number of pyridine rings is 1. The summed E-state index contributed by atoms with van der Waals surface area (Å²) in [5.41, 5.74) is 16.5. The van der Waals surface area contributed by atoms with Crippen molar-refractivity contribution in [3.05, 3.63) is 42.0 Å². The lowest BCUT2D eigenvalue weighted by Crippen LogP contribution is -2.16. The van der Waals surface area contributed by atoms with E-state index in [-0.39, 0.29) is 11.4 Å². The van der Waals surface area contributed by atoms with Gasteiger partial charge < -0.3 is 16.0 Å². The lowest BCUT2D eigenvalue weighted by Gasteiger charge is -2.12. The number of imidazole rings is 1. The van der Waals surface area contributed by atoms with Crippen LogP contribution in [-0.4, -0.2) is 30.6 Å². The molecule has 3 aromatic heterocycles. The van der Waals surface area contributed by atoms with Gasteiger partial charge in [0.1, 0.15) is 5.52 Å². The first-order chi connectivity index (χ1) is 12.0. The lowest BCUT2D eigenvalue weighted by atomic mass is 9.97. The summed E-state index contributed by atoms with van der Waals surface area (Å²) >= 11 is 0. The average molecular weight is 333 g/mol. The van der Waals surface area contributed by atoms with E-state index in [2.05, 4.69) is 20.2 Å². The number of aromatic nitrogens is 5. The molecule has 8 heteroatoms. The third-order valence-corrected chi connectivity index (χ3v) is 4.28. The standard InChI is InChI=1S/C17H15N7O/c1-8-3-4-10-13(18)15(16(19)25)23-22-14(10)12(8)9-5-11-17(20-6-9)21-7-24(11)2/h3-7H,1-2H3,(H2,18,22)(H2,19,25). The Labute approximate surface area is 142 Å². The van der Waals surface area contributed by atoms with Crippen LogP contribution >= 0.6 is 0 Å². The van der Waals surface area contributed by atoms with Gasteiger partial charge in [-0.25, -0.2) is 9.97 Å². The van der Waals surface area contributed by atoms with Gasteiger partial charge in [-0.3, -0.25) is 4.79 Å². The van der Waals surface area contributed by atoms with Gasteiger partial charge in [0.25, 0.3) is 5.91 Å². The smallest absolute Gasteiger partial charge is 0.271 e. The highest BCUT2D eigenvalue weighted by atomic mass is 16.1. The molecule has 25 heavy (non-hydrogen) atoms. The fraction of sp³-hybridized carbons (Fsp3) is 0.118. The number of hydrogen-bond acceptors (Lipinski definition) is 6. The number of benzene rings is 1. The van der Waals surface area contributed by atoms with Crippen LogP contribution in [0, 0.1) is 6.92 Å². The van der Waals surface area contributed by atoms with Crippen LogP contribution in [0.3, 0.4) is 0 Å². The zero-order chi connectivity index (χ0) is 17.7. The molecule has 0 atom stereocenters. The minimum absolute atomic E-state index is 0.0254. The summed E-state index contributed by atoms with van der Waals surface area (Å²) in [5.74, 6) is -0.702. The number of carbonyl (C=O) groups excluding carboxylic acids is 1. The number of nitrogens with two attached hydrogens (primary N) is 2. The topological polar surface area (TPSA) is 126 Å². The van der Waals surface area contributed by atoms with E-state index in [9.17, 15) is 4.79 Å². The monoisotopic (exact) mass is 333 g/mol. The number of fused-ring (bicyclic) bond motifs is 2. The second-order valence-electron chi connectivity index (χ2n) is 5.90. The number of carbonyl (C=O) groups is 1. The number of aryl methyl sites for hydroxylation is 2. The third kappa shape index (κ3) is 2.18. The van der Waals surface area contributed by atoms with Crippen molar-refractivity contribution in [1.29, 1.82) is 0 Å². The average Bonchev–Trinajstić information content (AvgIpc) is 2.95. The van der Waals surface area contributed by atoms with E-state index in [4.69, 9.17) is 11.5 Å². The Morgan fingerprint density at radius 1 is 1.20 bits per heavy atom. The second kappa shape index (κ2) is 5.23. The van der Waals surface area contributed by atoms with Crippen LogP contribution in [0.2, 0.25) is 0 Å². The maximum Gasteiger partial charge on any atom is 0.271 e. The van der Waals surface area contributed by atoms with Crippen molar-refractivity contribution in [2.24, 2.45) is 12.8 Å². The van der Waals surface area contributed by atoms with E-state index in [1.165, 1.54) is 0 Å². The Hall–Kier alpha value is -3.55. The predicted molar refractivity (Wildman–Crippen MR) is 94.7 cm³/mol. The van der Waals surface area contributed by atoms with Gasteiger partial charge in [0.15, 0.2) is 11.3 Å². The molecule has 8 nitrogen and oxygen atoms in total. The molecule has 1 amide bonds. The third-order valence-electron chi connectivity index (χ3n) is 4.28. The van der Waals surface area contributed by atoms with Crippen LogP contribution in [0.4, 0.5) is 5.69 Å². The molecule has 0 fully saturated rings. The maximum atomic E-state index is 11.5. The predicted octanol–water partition coefficient (Wildman–Crippen LogP) is 1.57. The summed E-state index contributed by atoms with van der Waals surface area (Å²) in [5, 5.41) is 8.76. The zero-order valence-electron chi connectivity index (χ0n) is 13.7. The molecular weight excluding hydrogens is 318 g/mol. The molecular formula is C17H15N7O. The summed E-state index contributed by atoms with van der Waals surface area (Å²) in [6.07, 6.45) is 3.46. The van der Waals surface area contributed by atoms with Crippen molar-refractivity contribution in [1.82, 2.24) is 24.7 Å². The molecule has 4 rings (SSSR count). The molecule has 4 N–H and O–H groups in total. The fourth-order valence-electron chi connectivity index (χ4n) is 2.99. The van der Waals surface area contributed by atoms with Crippen molar-refractivity contribution >= 4 is 33.7 Å². The first kappa shape index (κ1) is 15.0. The van der Waals surface area contributed by atoms with Crippen molar-refractivity contribution in [2.45, 2.75) is 6.92 Å². The SMILES string of the molecule is Cc1ccc2c(N)c(C(N)=O)nnc2c1-c1cnc2ncn(C)c2c1. The van der Waals surface area contributed by atoms with Crippen LogP contribution < -0.4 is 11.5 Å². The van der Waals surface area contributed by atoms with Gasteiger partial charge in [0.2, 0.25) is 0 Å². The molecule has 124 valence electrons. The number of hydrogen-bond donors (Lipinski definition) is 2. The molecule has 0 saturated heterocycles. The molecule has 0 bridgehead atoms. The summed E-state index contributed by atoms with van der Waals surface area (Å²) in [6, 6.07) is 5.74. The van der Waals surface area contributed by atoms with Gasteiger partial charge in [-0.05, 0) is 18.6 Å². The Morgan fingerprint density at radius 3 is 2.76 bits per heavy atom. The molecule has 0 radical (unpaired) electrons. The van der Waals surface area contributed by atoms with Crippen molar-refractivity contribution in [2.75, 3.05) is 5.73 Å². The molecule has 0 saturated carbocycles. The molecule has 0 unspecified atom stereocenters. The zero-order valence-corrected chi connectivity index (χ0v) is 13.7. The fourth-order valence-corrected chi connectivity index (χ4v) is 2.99. The summed E-state index contributed by atoms with van der Waals surface area (Å²) in [6.45, 7) is 1.97. The van der Waals surface area contributed by atoms with Crippen LogP contribution in [0.5, 0.6) is 0 Å². The lowest BCUT2D eigenvalue weighted by molar-refractivity contribution is 0.0996. The number of amides is 1. The van der Waals surface area contributed by atoms with Crippen LogP contribution in [0.25, 0.3) is 33.2 Å². The van der Waals surface area contributed by atoms with Gasteiger partial charge in [-0.2, -0.15) is 0 Å². The summed E-state index contributed by atoms with van der Waals surface area (Å²) in [7, 11) is 1.91. The van der Waals surface area contributed by atoms with Crippen molar-refractivity contribution in [3.8, 4) is 11.1 Å². The van der Waals surface area contributed by atoms with Crippen LogP contribution in [-0.2, 0) is 7.05 Å². The highest BCUT2D eigenvalue weighted by Crippen LogP contribution is 2.34. The normalized spacial score (nSPS) is 11.3. The molecule has 4 aromatic rings. The first-order valence-corrected chi connectivity index (χ1v) is 7.60. The summed E-state index contributed by atoms with van der Waals surface area (Å²) in [4.78, 5) is 20.1. The molecule has 0 aliphatic heterocycles. The molecule has 0 aliphatic carbocycles. The molecule has 3 heterocycles. The van der Waals surface area contributed by atoms with Crippen LogP contribution in [0.1, 0.15) is 16.1 Å². The number of nitrogens with zero attached hydrogens (tertiary/aromatic N) is 5. The van der Waals surface area contributed by atoms with E-state index in [0.717, 1.165) is 22.2 Å². The number of nitrogen functional groups attached to an aromatic ring is 1. The van der Waals surface area contributed by atoms with Gasteiger partial charge >= 0.3 is 0 Å². The maximum absolute atomic E-state index is 11.5. The first-order valence-electron chi connectivity index (χ1n) is 7.60. The van der Waals surface area contributed by atoms with Crippen molar-refractivity contribution < 1.29 is 4.79 Å². The molecule has 0 spiro atoms. The second-order valence-corrected chi connectivity index (χ2v) is 5.90. The van der Waals surface area contributed by atoms with E-state index >= 15 is 0 Å². The van der Waals surface area contributed by atoms with Crippen LogP contribution in [0.15, 0.2) is 30.7 Å². The summed E-state index contributed by atoms with van der Waals surface area (Å²) < 4.78 is 1.90. The van der Waals surface area contributed by atoms with E-state index < -0.39 is 5.91 Å². The van der Waals surface area contributed by atoms with Gasteiger partial charge in [-0.1, -0.05) is 12.1 Å². The minimum Gasteiger partial charge on any atom is -0.396 e. The van der Waals surface area contributed by atoms with Gasteiger partial charge in [0, 0.05) is 29.8 Å². The molecule has 0 aliphatic rings. The Kier molecular flexibility index (Phi) is 3.14. The number of rotatable bonds is 2. The Morgan fingerprint density at radius 2 is 2.00 bits per heavy atom. The highest BCUT2D eigenvalue weighted by molar-refractivity contribution is 6.07. The number of anilines is 1.